The minimum Gasteiger partial charge on any atom is -0.461 e. The second-order valence-corrected chi connectivity index (χ2v) is 7.69. The van der Waals surface area contributed by atoms with Crippen LogP contribution in [-0.4, -0.2) is 26.9 Å². The van der Waals surface area contributed by atoms with Gasteiger partial charge in [0.15, 0.2) is 0 Å². The first-order chi connectivity index (χ1) is 9.79. The van der Waals surface area contributed by atoms with Crippen molar-refractivity contribution < 1.29 is 9.53 Å². The maximum atomic E-state index is 12.1. The third kappa shape index (κ3) is 2.67. The Bertz CT molecular complexity index is 797. The van der Waals surface area contributed by atoms with E-state index in [2.05, 4.69) is 9.97 Å². The zero-order valence-electron chi connectivity index (χ0n) is 11.3. The number of alkyl halides is 2. The number of aromatic amines is 1. The van der Waals surface area contributed by atoms with Crippen LogP contribution < -0.4 is 5.56 Å². The lowest BCUT2D eigenvalue weighted by molar-refractivity contribution is 0.0490. The molecule has 0 amide bonds. The average Bonchev–Trinajstić information content (AvgIpc) is 2.84. The van der Waals surface area contributed by atoms with E-state index in [-0.39, 0.29) is 18.1 Å². The van der Waals surface area contributed by atoms with E-state index in [9.17, 15) is 9.59 Å². The van der Waals surface area contributed by atoms with Crippen molar-refractivity contribution >= 4 is 50.7 Å². The predicted molar refractivity (Wildman–Crippen MR) is 82.5 cm³/mol. The Morgan fingerprint density at radius 1 is 1.52 bits per heavy atom. The highest BCUT2D eigenvalue weighted by Gasteiger charge is 2.52. The fourth-order valence-electron chi connectivity index (χ4n) is 2.14. The van der Waals surface area contributed by atoms with Crippen LogP contribution in [-0.2, 0) is 4.74 Å². The second kappa shape index (κ2) is 4.97. The molecule has 112 valence electrons. The Morgan fingerprint density at radius 2 is 2.19 bits per heavy atom. The number of aryl methyl sites for hydroxylation is 2. The number of ether oxygens (including phenoxy) is 1. The van der Waals surface area contributed by atoms with Crippen LogP contribution in [0.25, 0.3) is 10.2 Å². The van der Waals surface area contributed by atoms with Crippen LogP contribution >= 0.6 is 34.5 Å². The number of nitrogens with zero attached hydrogens (tertiary/aromatic N) is 1. The number of esters is 1. The Balaban J connectivity index is 1.87. The van der Waals surface area contributed by atoms with Crippen molar-refractivity contribution in [1.82, 2.24) is 9.97 Å². The summed E-state index contributed by atoms with van der Waals surface area (Å²) in [5.41, 5.74) is 0.348. The standard InChI is InChI=1S/C13H12Cl2N2O3S/c1-5-8-10(18)16-6(2)17-11(8)21-9(5)12(19)20-4-7-3-13(7,14)15/h7H,3-4H2,1-2H3,(H,16,17,18)/t7-/m0/s1. The molecule has 0 aromatic carbocycles. The summed E-state index contributed by atoms with van der Waals surface area (Å²) in [6.45, 7) is 3.59. The number of hydrogen-bond acceptors (Lipinski definition) is 5. The smallest absolute Gasteiger partial charge is 0.348 e. The molecule has 1 saturated carbocycles. The fourth-order valence-corrected chi connectivity index (χ4v) is 3.76. The van der Waals surface area contributed by atoms with Gasteiger partial charge in [0, 0.05) is 5.92 Å². The summed E-state index contributed by atoms with van der Waals surface area (Å²) >= 11 is 12.9. The average molecular weight is 347 g/mol. The second-order valence-electron chi connectivity index (χ2n) is 5.15. The van der Waals surface area contributed by atoms with Crippen molar-refractivity contribution in [2.24, 2.45) is 5.92 Å². The molecule has 1 aliphatic rings. The van der Waals surface area contributed by atoms with E-state index in [0.717, 1.165) is 11.3 Å². The topological polar surface area (TPSA) is 72.0 Å². The third-order valence-corrected chi connectivity index (χ3v) is 5.57. The minimum atomic E-state index is -0.773. The Hall–Kier alpha value is -1.11. The molecule has 5 nitrogen and oxygen atoms in total. The Kier molecular flexibility index (Phi) is 3.50. The molecule has 0 unspecified atom stereocenters. The molecular formula is C13H12Cl2N2O3S. The molecule has 0 aliphatic heterocycles. The van der Waals surface area contributed by atoms with Gasteiger partial charge in [0.1, 0.15) is 19.9 Å². The van der Waals surface area contributed by atoms with Gasteiger partial charge < -0.3 is 9.72 Å². The summed E-state index contributed by atoms with van der Waals surface area (Å²) in [6.07, 6.45) is 0.620. The van der Waals surface area contributed by atoms with Gasteiger partial charge in [0.25, 0.3) is 5.56 Å². The number of thiophene rings is 1. The van der Waals surface area contributed by atoms with Gasteiger partial charge in [0.05, 0.1) is 12.0 Å². The van der Waals surface area contributed by atoms with Crippen molar-refractivity contribution in [2.45, 2.75) is 24.6 Å². The minimum absolute atomic E-state index is 0.0248. The van der Waals surface area contributed by atoms with Crippen molar-refractivity contribution in [3.05, 3.63) is 26.6 Å². The first-order valence-corrected chi connectivity index (χ1v) is 7.92. The summed E-state index contributed by atoms with van der Waals surface area (Å²) in [5, 5.41) is 0.438. The van der Waals surface area contributed by atoms with Crippen molar-refractivity contribution in [3.63, 3.8) is 0 Å². The molecule has 0 saturated heterocycles. The molecule has 1 aliphatic carbocycles. The molecule has 21 heavy (non-hydrogen) atoms. The van der Waals surface area contributed by atoms with E-state index in [1.807, 2.05) is 0 Å². The largest absolute Gasteiger partial charge is 0.461 e. The summed E-state index contributed by atoms with van der Waals surface area (Å²) in [4.78, 5) is 31.9. The number of carbonyl (C=O) groups is 1. The zero-order valence-corrected chi connectivity index (χ0v) is 13.7. The van der Waals surface area contributed by atoms with Crippen molar-refractivity contribution in [2.75, 3.05) is 6.61 Å². The van der Waals surface area contributed by atoms with Crippen LogP contribution in [0.5, 0.6) is 0 Å². The quantitative estimate of drug-likeness (QED) is 0.684. The number of fused-ring (bicyclic) bond motifs is 1. The molecule has 0 spiro atoms. The number of hydrogen-bond donors (Lipinski definition) is 1. The molecule has 1 fully saturated rings. The first-order valence-electron chi connectivity index (χ1n) is 6.34. The molecule has 2 aromatic rings. The third-order valence-electron chi connectivity index (χ3n) is 3.48. The van der Waals surface area contributed by atoms with Gasteiger partial charge in [0.2, 0.25) is 0 Å². The molecule has 0 bridgehead atoms. The number of carbonyl (C=O) groups excluding carboxylic acids is 1. The number of rotatable bonds is 3. The first kappa shape index (κ1) is 14.8. The molecule has 8 heteroatoms. The monoisotopic (exact) mass is 346 g/mol. The highest BCUT2D eigenvalue weighted by molar-refractivity contribution is 7.20. The lowest BCUT2D eigenvalue weighted by Crippen LogP contribution is -2.11. The lowest BCUT2D eigenvalue weighted by atomic mass is 10.2. The summed E-state index contributed by atoms with van der Waals surface area (Å²) in [5.74, 6) is 0.0209. The van der Waals surface area contributed by atoms with Crippen molar-refractivity contribution in [3.8, 4) is 0 Å². The molecule has 1 atom stereocenters. The summed E-state index contributed by atoms with van der Waals surface area (Å²) in [6, 6.07) is 0. The van der Waals surface area contributed by atoms with Crippen LogP contribution in [0, 0.1) is 19.8 Å². The van der Waals surface area contributed by atoms with Gasteiger partial charge in [-0.25, -0.2) is 9.78 Å². The van der Waals surface area contributed by atoms with Gasteiger partial charge in [-0.1, -0.05) is 0 Å². The van der Waals surface area contributed by atoms with Crippen LogP contribution in [0.15, 0.2) is 4.79 Å². The van der Waals surface area contributed by atoms with Gasteiger partial charge in [-0.05, 0) is 25.8 Å². The van der Waals surface area contributed by atoms with Crippen LogP contribution in [0.4, 0.5) is 0 Å². The fraction of sp³-hybridized carbons (Fsp3) is 0.462. The summed E-state index contributed by atoms with van der Waals surface area (Å²) in [7, 11) is 0. The number of H-pyrrole nitrogens is 1. The van der Waals surface area contributed by atoms with Crippen LogP contribution in [0.3, 0.4) is 0 Å². The van der Waals surface area contributed by atoms with Crippen LogP contribution in [0.1, 0.15) is 27.5 Å². The van der Waals surface area contributed by atoms with E-state index in [0.29, 0.717) is 32.9 Å². The van der Waals surface area contributed by atoms with Gasteiger partial charge in [-0.2, -0.15) is 0 Å². The number of nitrogens with one attached hydrogen (secondary N) is 1. The Morgan fingerprint density at radius 3 is 2.81 bits per heavy atom. The van der Waals surface area contributed by atoms with Gasteiger partial charge in [-0.3, -0.25) is 4.79 Å². The van der Waals surface area contributed by atoms with E-state index in [1.165, 1.54) is 0 Å². The molecule has 2 aromatic heterocycles. The predicted octanol–water partition coefficient (Wildman–Crippen LogP) is 2.95. The van der Waals surface area contributed by atoms with E-state index >= 15 is 0 Å². The number of aromatic nitrogens is 2. The summed E-state index contributed by atoms with van der Waals surface area (Å²) < 4.78 is 4.46. The Labute approximate surface area is 134 Å². The number of halogens is 2. The SMILES string of the molecule is Cc1nc2sc(C(=O)OC[C@@H]3CC3(Cl)Cl)c(C)c2c(=O)[nH]1. The zero-order chi connectivity index (χ0) is 15.4. The lowest BCUT2D eigenvalue weighted by Gasteiger charge is -2.03. The molecule has 2 heterocycles. The van der Waals surface area contributed by atoms with E-state index in [4.69, 9.17) is 27.9 Å². The molecule has 1 N–H and O–H groups in total. The normalized spacial score (nSPS) is 19.7. The highest BCUT2D eigenvalue weighted by atomic mass is 35.5. The van der Waals surface area contributed by atoms with E-state index in [1.54, 1.807) is 13.8 Å². The van der Waals surface area contributed by atoms with Gasteiger partial charge >= 0.3 is 5.97 Å². The highest BCUT2D eigenvalue weighted by Crippen LogP contribution is 2.53. The molecular weight excluding hydrogens is 335 g/mol. The van der Waals surface area contributed by atoms with Crippen LogP contribution in [0.2, 0.25) is 0 Å². The maximum absolute atomic E-state index is 12.1. The van der Waals surface area contributed by atoms with E-state index < -0.39 is 10.3 Å². The molecule has 3 rings (SSSR count). The van der Waals surface area contributed by atoms with Gasteiger partial charge in [-0.15, -0.1) is 34.5 Å². The van der Waals surface area contributed by atoms with Crippen molar-refractivity contribution in [1.29, 1.82) is 0 Å². The molecule has 0 radical (unpaired) electrons. The maximum Gasteiger partial charge on any atom is 0.348 e.